The molecule has 0 aliphatic carbocycles. The largest absolute Gasteiger partial charge is 0.345 e. The standard InChI is InChI=1S/C27H22ClN3O3/c28-21-11-13-22(14-12-21)29-25(32)18-24(19-6-2-1-3-7-19)30-27(34)20-9-15-23(16-10-20)31-17-5-4-8-26(31)33/h1-17,24H,18H2,(H,29,32)(H,30,34). The number of benzene rings is 3. The van der Waals surface area contributed by atoms with Gasteiger partial charge < -0.3 is 10.6 Å². The van der Waals surface area contributed by atoms with Crippen molar-refractivity contribution in [2.45, 2.75) is 12.5 Å². The molecule has 2 amide bonds. The summed E-state index contributed by atoms with van der Waals surface area (Å²) in [5.41, 5.74) is 2.36. The number of hydrogen-bond donors (Lipinski definition) is 2. The van der Waals surface area contributed by atoms with Crippen molar-refractivity contribution < 1.29 is 9.59 Å². The van der Waals surface area contributed by atoms with Gasteiger partial charge in [-0.25, -0.2) is 0 Å². The lowest BCUT2D eigenvalue weighted by Gasteiger charge is -2.19. The number of anilines is 1. The molecular formula is C27H22ClN3O3. The molecular weight excluding hydrogens is 450 g/mol. The molecule has 0 spiro atoms. The van der Waals surface area contributed by atoms with Crippen molar-refractivity contribution in [1.29, 1.82) is 0 Å². The number of carbonyl (C=O) groups excluding carboxylic acids is 2. The summed E-state index contributed by atoms with van der Waals surface area (Å²) in [6.45, 7) is 0. The smallest absolute Gasteiger partial charge is 0.255 e. The van der Waals surface area contributed by atoms with Crippen LogP contribution in [0.15, 0.2) is 108 Å². The van der Waals surface area contributed by atoms with E-state index in [1.165, 1.54) is 10.6 Å². The van der Waals surface area contributed by atoms with Gasteiger partial charge in [0.15, 0.2) is 0 Å². The normalized spacial score (nSPS) is 11.4. The number of carbonyl (C=O) groups is 2. The Balaban J connectivity index is 1.49. The van der Waals surface area contributed by atoms with Gasteiger partial charge in [0.2, 0.25) is 5.91 Å². The summed E-state index contributed by atoms with van der Waals surface area (Å²) >= 11 is 5.90. The average molecular weight is 472 g/mol. The van der Waals surface area contributed by atoms with Crippen molar-refractivity contribution in [3.05, 3.63) is 130 Å². The zero-order valence-electron chi connectivity index (χ0n) is 18.1. The van der Waals surface area contributed by atoms with Gasteiger partial charge in [0.05, 0.1) is 12.5 Å². The molecule has 0 aliphatic heterocycles. The van der Waals surface area contributed by atoms with Crippen LogP contribution in [0.4, 0.5) is 5.69 Å². The van der Waals surface area contributed by atoms with Crippen LogP contribution >= 0.6 is 11.6 Å². The lowest BCUT2D eigenvalue weighted by atomic mass is 10.0. The highest BCUT2D eigenvalue weighted by Crippen LogP contribution is 2.20. The average Bonchev–Trinajstić information content (AvgIpc) is 2.86. The molecule has 0 bridgehead atoms. The molecule has 1 aromatic heterocycles. The van der Waals surface area contributed by atoms with Crippen molar-refractivity contribution in [2.75, 3.05) is 5.32 Å². The van der Waals surface area contributed by atoms with Crippen LogP contribution in [0.3, 0.4) is 0 Å². The van der Waals surface area contributed by atoms with Gasteiger partial charge in [-0.3, -0.25) is 19.0 Å². The van der Waals surface area contributed by atoms with E-state index < -0.39 is 6.04 Å². The first kappa shape index (κ1) is 23.0. The number of hydrogen-bond acceptors (Lipinski definition) is 3. The number of amides is 2. The van der Waals surface area contributed by atoms with Crippen LogP contribution < -0.4 is 16.2 Å². The highest BCUT2D eigenvalue weighted by molar-refractivity contribution is 6.30. The first-order chi connectivity index (χ1) is 16.5. The van der Waals surface area contributed by atoms with Gasteiger partial charge in [0, 0.05) is 34.2 Å². The molecule has 0 saturated carbocycles. The van der Waals surface area contributed by atoms with E-state index in [2.05, 4.69) is 10.6 Å². The maximum Gasteiger partial charge on any atom is 0.255 e. The number of rotatable bonds is 7. The molecule has 1 heterocycles. The number of halogens is 1. The zero-order valence-corrected chi connectivity index (χ0v) is 18.9. The van der Waals surface area contributed by atoms with Crippen molar-refractivity contribution in [2.24, 2.45) is 0 Å². The first-order valence-corrected chi connectivity index (χ1v) is 11.1. The zero-order chi connectivity index (χ0) is 23.9. The van der Waals surface area contributed by atoms with E-state index in [4.69, 9.17) is 11.6 Å². The topological polar surface area (TPSA) is 80.2 Å². The fourth-order valence-corrected chi connectivity index (χ4v) is 3.65. The SMILES string of the molecule is O=C(CC(NC(=O)c1ccc(-n2ccccc2=O)cc1)c1ccccc1)Nc1ccc(Cl)cc1. The van der Waals surface area contributed by atoms with E-state index in [-0.39, 0.29) is 23.8 Å². The third kappa shape index (κ3) is 5.79. The van der Waals surface area contributed by atoms with Crippen molar-refractivity contribution in [3.63, 3.8) is 0 Å². The van der Waals surface area contributed by atoms with Crippen molar-refractivity contribution in [1.82, 2.24) is 9.88 Å². The van der Waals surface area contributed by atoms with Crippen LogP contribution in [-0.4, -0.2) is 16.4 Å². The van der Waals surface area contributed by atoms with Gasteiger partial charge in [-0.15, -0.1) is 0 Å². The fourth-order valence-electron chi connectivity index (χ4n) is 3.52. The van der Waals surface area contributed by atoms with Crippen LogP contribution in [0, 0.1) is 0 Å². The Bertz CT molecular complexity index is 1330. The summed E-state index contributed by atoms with van der Waals surface area (Å²) in [7, 11) is 0. The Hall–Kier alpha value is -4.16. The van der Waals surface area contributed by atoms with E-state index in [9.17, 15) is 14.4 Å². The van der Waals surface area contributed by atoms with Crippen LogP contribution in [0.25, 0.3) is 5.69 Å². The molecule has 3 aromatic carbocycles. The highest BCUT2D eigenvalue weighted by atomic mass is 35.5. The molecule has 4 aromatic rings. The predicted molar refractivity (Wildman–Crippen MR) is 133 cm³/mol. The van der Waals surface area contributed by atoms with Crippen LogP contribution in [0.1, 0.15) is 28.4 Å². The van der Waals surface area contributed by atoms with Gasteiger partial charge in [-0.2, -0.15) is 0 Å². The molecule has 34 heavy (non-hydrogen) atoms. The third-order valence-electron chi connectivity index (χ3n) is 5.25. The van der Waals surface area contributed by atoms with Gasteiger partial charge in [-0.05, 0) is 60.2 Å². The Morgan fingerprint density at radius 1 is 0.824 bits per heavy atom. The first-order valence-electron chi connectivity index (χ1n) is 10.7. The monoisotopic (exact) mass is 471 g/mol. The number of nitrogens with one attached hydrogen (secondary N) is 2. The molecule has 1 unspecified atom stereocenters. The van der Waals surface area contributed by atoms with Gasteiger partial charge in [0.1, 0.15) is 0 Å². The summed E-state index contributed by atoms with van der Waals surface area (Å²) in [6.07, 6.45) is 1.72. The molecule has 0 saturated heterocycles. The van der Waals surface area contributed by atoms with E-state index in [0.29, 0.717) is 22.0 Å². The minimum atomic E-state index is -0.530. The lowest BCUT2D eigenvalue weighted by Crippen LogP contribution is -2.31. The van der Waals surface area contributed by atoms with Gasteiger partial charge >= 0.3 is 0 Å². The second kappa shape index (κ2) is 10.6. The second-order valence-electron chi connectivity index (χ2n) is 7.65. The molecule has 7 heteroatoms. The van der Waals surface area contributed by atoms with E-state index in [1.54, 1.807) is 66.9 Å². The fraction of sp³-hybridized carbons (Fsp3) is 0.0741. The number of aromatic nitrogens is 1. The van der Waals surface area contributed by atoms with E-state index in [0.717, 1.165) is 5.56 Å². The molecule has 4 rings (SSSR count). The summed E-state index contributed by atoms with van der Waals surface area (Å²) in [5.74, 6) is -0.560. The second-order valence-corrected chi connectivity index (χ2v) is 8.09. The molecule has 0 aliphatic rings. The quantitative estimate of drug-likeness (QED) is 0.398. The van der Waals surface area contributed by atoms with Crippen LogP contribution in [-0.2, 0) is 4.79 Å². The van der Waals surface area contributed by atoms with Gasteiger partial charge in [-0.1, -0.05) is 48.0 Å². The van der Waals surface area contributed by atoms with Gasteiger partial charge in [0.25, 0.3) is 11.5 Å². The minimum Gasteiger partial charge on any atom is -0.345 e. The summed E-state index contributed by atoms with van der Waals surface area (Å²) < 4.78 is 1.50. The van der Waals surface area contributed by atoms with Crippen LogP contribution in [0.5, 0.6) is 0 Å². The Labute approximate surface area is 201 Å². The Morgan fingerprint density at radius 3 is 2.18 bits per heavy atom. The minimum absolute atomic E-state index is 0.0515. The molecule has 0 radical (unpaired) electrons. The van der Waals surface area contributed by atoms with E-state index >= 15 is 0 Å². The molecule has 6 nitrogen and oxygen atoms in total. The molecule has 2 N–H and O–H groups in total. The highest BCUT2D eigenvalue weighted by Gasteiger charge is 2.19. The van der Waals surface area contributed by atoms with E-state index in [1.807, 2.05) is 30.3 Å². The molecule has 0 fully saturated rings. The van der Waals surface area contributed by atoms with Crippen molar-refractivity contribution >= 4 is 29.1 Å². The predicted octanol–water partition coefficient (Wildman–Crippen LogP) is 4.99. The molecule has 1 atom stereocenters. The Kier molecular flexibility index (Phi) is 7.20. The number of pyridine rings is 1. The third-order valence-corrected chi connectivity index (χ3v) is 5.51. The maximum absolute atomic E-state index is 13.0. The number of nitrogens with zero attached hydrogens (tertiary/aromatic N) is 1. The maximum atomic E-state index is 13.0. The lowest BCUT2D eigenvalue weighted by molar-refractivity contribution is -0.116. The summed E-state index contributed by atoms with van der Waals surface area (Å²) in [5, 5.41) is 6.37. The van der Waals surface area contributed by atoms with Crippen LogP contribution in [0.2, 0.25) is 5.02 Å². The summed E-state index contributed by atoms with van der Waals surface area (Å²) in [4.78, 5) is 37.7. The Morgan fingerprint density at radius 2 is 1.50 bits per heavy atom. The summed E-state index contributed by atoms with van der Waals surface area (Å²) in [6, 6.07) is 27.3. The molecule has 170 valence electrons. The van der Waals surface area contributed by atoms with Crippen molar-refractivity contribution in [3.8, 4) is 5.69 Å².